The van der Waals surface area contributed by atoms with Gasteiger partial charge in [-0.15, -0.1) is 0 Å². The van der Waals surface area contributed by atoms with Crippen molar-refractivity contribution in [3.8, 4) is 0 Å². The second-order valence-electron chi connectivity index (χ2n) is 3.44. The minimum absolute atomic E-state index is 0.0735. The molecule has 1 rings (SSSR count). The van der Waals surface area contributed by atoms with Crippen LogP contribution in [0, 0.1) is 0 Å². The molecule has 0 aromatic carbocycles. The molecule has 0 bridgehead atoms. The van der Waals surface area contributed by atoms with Crippen molar-refractivity contribution in [3.05, 3.63) is 0 Å². The number of hydrogen-bond acceptors (Lipinski definition) is 3. The number of rotatable bonds is 5. The number of carboxylic acid groups (broad SMARTS) is 1. The van der Waals surface area contributed by atoms with E-state index in [4.69, 9.17) is 9.84 Å². The number of hydrogen-bond donors (Lipinski definition) is 1. The lowest BCUT2D eigenvalue weighted by molar-refractivity contribution is -0.137. The van der Waals surface area contributed by atoms with Gasteiger partial charge in [-0.2, -0.15) is 0 Å². The lowest BCUT2D eigenvalue weighted by atomic mass is 10.1. The molecule has 1 unspecified atom stereocenters. The van der Waals surface area contributed by atoms with Crippen LogP contribution < -0.4 is 0 Å². The molecule has 1 fully saturated rings. The van der Waals surface area contributed by atoms with E-state index in [2.05, 4.69) is 0 Å². The van der Waals surface area contributed by atoms with Gasteiger partial charge in [-0.1, -0.05) is 0 Å². The summed E-state index contributed by atoms with van der Waals surface area (Å²) in [6, 6.07) is 0.0735. The summed E-state index contributed by atoms with van der Waals surface area (Å²) in [7, 11) is 0. The van der Waals surface area contributed by atoms with Gasteiger partial charge in [0.2, 0.25) is 0 Å². The number of carboxylic acids is 1. The van der Waals surface area contributed by atoms with Crippen LogP contribution in [0.15, 0.2) is 0 Å². The van der Waals surface area contributed by atoms with Crippen molar-refractivity contribution >= 4 is 12.1 Å². The van der Waals surface area contributed by atoms with E-state index in [1.165, 1.54) is 0 Å². The van der Waals surface area contributed by atoms with Crippen molar-refractivity contribution in [1.82, 2.24) is 4.90 Å². The Labute approximate surface area is 82.6 Å². The maximum Gasteiger partial charge on any atom is 0.410 e. The van der Waals surface area contributed by atoms with Gasteiger partial charge in [-0.25, -0.2) is 4.79 Å². The Balaban J connectivity index is 2.23. The van der Waals surface area contributed by atoms with Gasteiger partial charge in [-0.05, 0) is 19.8 Å². The SMILES string of the molecule is CC(CCCC(=O)O)N1CCOC1=O. The fourth-order valence-corrected chi connectivity index (χ4v) is 1.51. The third-order valence-corrected chi connectivity index (χ3v) is 2.34. The number of ether oxygens (including phenoxy) is 1. The molecule has 0 aromatic rings. The summed E-state index contributed by atoms with van der Waals surface area (Å²) in [5.41, 5.74) is 0. The van der Waals surface area contributed by atoms with Crippen LogP contribution >= 0.6 is 0 Å². The van der Waals surface area contributed by atoms with Gasteiger partial charge in [0.25, 0.3) is 0 Å². The highest BCUT2D eigenvalue weighted by atomic mass is 16.6. The Bertz CT molecular complexity index is 229. The number of nitrogens with zero attached hydrogens (tertiary/aromatic N) is 1. The molecule has 0 spiro atoms. The normalized spacial score (nSPS) is 18.1. The number of amides is 1. The van der Waals surface area contributed by atoms with Crippen LogP contribution in [0.25, 0.3) is 0 Å². The molecule has 14 heavy (non-hydrogen) atoms. The predicted molar refractivity (Wildman–Crippen MR) is 49.0 cm³/mol. The van der Waals surface area contributed by atoms with E-state index in [0.29, 0.717) is 26.0 Å². The van der Waals surface area contributed by atoms with E-state index in [1.807, 2.05) is 6.92 Å². The first-order valence-corrected chi connectivity index (χ1v) is 4.76. The summed E-state index contributed by atoms with van der Waals surface area (Å²) in [6.45, 7) is 2.98. The van der Waals surface area contributed by atoms with E-state index < -0.39 is 5.97 Å². The summed E-state index contributed by atoms with van der Waals surface area (Å²) >= 11 is 0. The van der Waals surface area contributed by atoms with Crippen LogP contribution in [0.5, 0.6) is 0 Å². The van der Waals surface area contributed by atoms with Crippen molar-refractivity contribution in [1.29, 1.82) is 0 Å². The molecule has 0 saturated carbocycles. The zero-order valence-electron chi connectivity index (χ0n) is 8.23. The van der Waals surface area contributed by atoms with E-state index in [1.54, 1.807) is 4.90 Å². The quantitative estimate of drug-likeness (QED) is 0.722. The second kappa shape index (κ2) is 4.83. The maximum atomic E-state index is 11.1. The first kappa shape index (κ1) is 10.8. The van der Waals surface area contributed by atoms with Crippen molar-refractivity contribution < 1.29 is 19.4 Å². The molecule has 1 saturated heterocycles. The standard InChI is InChI=1S/C9H15NO4/c1-7(3-2-4-8(11)12)10-5-6-14-9(10)13/h7H,2-6H2,1H3,(H,11,12). The fourth-order valence-electron chi connectivity index (χ4n) is 1.51. The average Bonchev–Trinajstić information content (AvgIpc) is 2.50. The third-order valence-electron chi connectivity index (χ3n) is 2.34. The van der Waals surface area contributed by atoms with E-state index in [9.17, 15) is 9.59 Å². The molecule has 1 aliphatic heterocycles. The Kier molecular flexibility index (Phi) is 3.73. The highest BCUT2D eigenvalue weighted by Crippen LogP contribution is 2.13. The molecule has 1 N–H and O–H groups in total. The molecule has 1 aliphatic rings. The van der Waals surface area contributed by atoms with Crippen LogP contribution in [0.3, 0.4) is 0 Å². The minimum Gasteiger partial charge on any atom is -0.481 e. The summed E-state index contributed by atoms with van der Waals surface area (Å²) in [5, 5.41) is 8.44. The summed E-state index contributed by atoms with van der Waals surface area (Å²) in [6.07, 6.45) is 1.18. The first-order chi connectivity index (χ1) is 6.61. The zero-order valence-corrected chi connectivity index (χ0v) is 8.23. The molecular formula is C9H15NO4. The van der Waals surface area contributed by atoms with E-state index in [-0.39, 0.29) is 18.6 Å². The third kappa shape index (κ3) is 2.90. The number of carbonyl (C=O) groups excluding carboxylic acids is 1. The Hall–Kier alpha value is -1.26. The smallest absolute Gasteiger partial charge is 0.410 e. The van der Waals surface area contributed by atoms with Gasteiger partial charge in [0.1, 0.15) is 6.61 Å². The van der Waals surface area contributed by atoms with E-state index >= 15 is 0 Å². The molecular weight excluding hydrogens is 186 g/mol. The van der Waals surface area contributed by atoms with Gasteiger partial charge < -0.3 is 14.7 Å². The number of aliphatic carboxylic acids is 1. The molecule has 1 heterocycles. The molecule has 0 aliphatic carbocycles. The van der Waals surface area contributed by atoms with E-state index in [0.717, 1.165) is 0 Å². The molecule has 5 heteroatoms. The monoisotopic (exact) mass is 201 g/mol. The van der Waals surface area contributed by atoms with Crippen molar-refractivity contribution in [2.24, 2.45) is 0 Å². The second-order valence-corrected chi connectivity index (χ2v) is 3.44. The lowest BCUT2D eigenvalue weighted by Crippen LogP contribution is -2.33. The van der Waals surface area contributed by atoms with Crippen LogP contribution in [-0.4, -0.2) is 41.3 Å². The van der Waals surface area contributed by atoms with Gasteiger partial charge in [-0.3, -0.25) is 4.79 Å². The minimum atomic E-state index is -0.791. The van der Waals surface area contributed by atoms with Crippen molar-refractivity contribution in [2.75, 3.05) is 13.2 Å². The largest absolute Gasteiger partial charge is 0.481 e. The summed E-state index contributed by atoms with van der Waals surface area (Å²) in [4.78, 5) is 23.0. The van der Waals surface area contributed by atoms with Gasteiger partial charge in [0.05, 0.1) is 6.54 Å². The fraction of sp³-hybridized carbons (Fsp3) is 0.778. The van der Waals surface area contributed by atoms with Crippen LogP contribution in [0.4, 0.5) is 4.79 Å². The van der Waals surface area contributed by atoms with Crippen LogP contribution in [0.1, 0.15) is 26.2 Å². The lowest BCUT2D eigenvalue weighted by Gasteiger charge is -2.20. The Morgan fingerprint density at radius 1 is 1.71 bits per heavy atom. The van der Waals surface area contributed by atoms with Gasteiger partial charge in [0, 0.05) is 12.5 Å². The van der Waals surface area contributed by atoms with Gasteiger partial charge >= 0.3 is 12.1 Å². The zero-order chi connectivity index (χ0) is 10.6. The maximum absolute atomic E-state index is 11.1. The summed E-state index contributed by atoms with van der Waals surface area (Å²) in [5.74, 6) is -0.791. The average molecular weight is 201 g/mol. The van der Waals surface area contributed by atoms with Crippen LogP contribution in [-0.2, 0) is 9.53 Å². The predicted octanol–water partition coefficient (Wildman–Crippen LogP) is 1.08. The number of cyclic esters (lactones) is 1. The molecule has 0 radical (unpaired) electrons. The summed E-state index contributed by atoms with van der Waals surface area (Å²) < 4.78 is 4.78. The molecule has 0 aromatic heterocycles. The molecule has 1 amide bonds. The molecule has 80 valence electrons. The Morgan fingerprint density at radius 3 is 2.93 bits per heavy atom. The van der Waals surface area contributed by atoms with Crippen LogP contribution in [0.2, 0.25) is 0 Å². The number of carbonyl (C=O) groups is 2. The van der Waals surface area contributed by atoms with Crippen molar-refractivity contribution in [2.45, 2.75) is 32.2 Å². The Morgan fingerprint density at radius 2 is 2.43 bits per heavy atom. The topological polar surface area (TPSA) is 66.8 Å². The highest BCUT2D eigenvalue weighted by Gasteiger charge is 2.26. The molecule has 5 nitrogen and oxygen atoms in total. The highest BCUT2D eigenvalue weighted by molar-refractivity contribution is 5.69. The van der Waals surface area contributed by atoms with Gasteiger partial charge in [0.15, 0.2) is 0 Å². The first-order valence-electron chi connectivity index (χ1n) is 4.76. The molecule has 1 atom stereocenters. The van der Waals surface area contributed by atoms with Crippen molar-refractivity contribution in [3.63, 3.8) is 0 Å².